The summed E-state index contributed by atoms with van der Waals surface area (Å²) in [4.78, 5) is 40.2. The number of aliphatic hydroxyl groups excluding tert-OH is 3. The lowest BCUT2D eigenvalue weighted by Gasteiger charge is -2.42. The molecule has 0 aliphatic carbocycles. The third-order valence-corrected chi connectivity index (χ3v) is 7.24. The number of ether oxygens (including phenoxy) is 3. The van der Waals surface area contributed by atoms with Gasteiger partial charge >= 0.3 is 12.1 Å². The number of carbonyl (C=O) groups excluding carboxylic acids is 3. The molecular formula is C31H40N4O9. The van der Waals surface area contributed by atoms with Gasteiger partial charge in [0.25, 0.3) is 0 Å². The Hall–Kier alpha value is -3.85. The fraction of sp³-hybridized carbons (Fsp3) is 0.452. The molecule has 1 aromatic heterocycles. The molecule has 8 N–H and O–H groups in total. The third kappa shape index (κ3) is 7.62. The van der Waals surface area contributed by atoms with Crippen LogP contribution >= 0.6 is 0 Å². The van der Waals surface area contributed by atoms with Crippen LogP contribution in [0.2, 0.25) is 0 Å². The van der Waals surface area contributed by atoms with E-state index in [1.165, 1.54) is 4.57 Å². The first-order valence-corrected chi connectivity index (χ1v) is 14.3. The lowest BCUT2D eigenvalue weighted by atomic mass is 9.91. The zero-order valence-corrected chi connectivity index (χ0v) is 24.8. The van der Waals surface area contributed by atoms with Crippen LogP contribution in [-0.4, -0.2) is 92.6 Å². The van der Waals surface area contributed by atoms with E-state index in [4.69, 9.17) is 25.7 Å². The van der Waals surface area contributed by atoms with E-state index in [1.54, 1.807) is 75.4 Å². The van der Waals surface area contributed by atoms with E-state index in [0.29, 0.717) is 22.2 Å². The van der Waals surface area contributed by atoms with Crippen LogP contribution in [0.25, 0.3) is 10.9 Å². The van der Waals surface area contributed by atoms with Gasteiger partial charge in [-0.1, -0.05) is 48.5 Å². The maximum Gasteiger partial charge on any atom is 0.419 e. The highest BCUT2D eigenvalue weighted by molar-refractivity contribution is 5.92. The summed E-state index contributed by atoms with van der Waals surface area (Å²) >= 11 is 0. The molecule has 2 heterocycles. The van der Waals surface area contributed by atoms with Crippen molar-refractivity contribution in [2.75, 3.05) is 6.54 Å². The Bertz CT molecular complexity index is 1450. The second-order valence-electron chi connectivity index (χ2n) is 11.7. The predicted octanol–water partition coefficient (Wildman–Crippen LogP) is 0.331. The van der Waals surface area contributed by atoms with Gasteiger partial charge in [0.15, 0.2) is 0 Å². The van der Waals surface area contributed by atoms with Gasteiger partial charge in [-0.2, -0.15) is 0 Å². The average Bonchev–Trinajstić information content (AvgIpc) is 3.36. The van der Waals surface area contributed by atoms with Gasteiger partial charge in [0.2, 0.25) is 5.91 Å². The summed E-state index contributed by atoms with van der Waals surface area (Å²) in [7, 11) is 0. The maximum atomic E-state index is 13.5. The first-order valence-electron chi connectivity index (χ1n) is 14.3. The fourth-order valence-corrected chi connectivity index (χ4v) is 5.01. The number of aliphatic hydroxyl groups is 3. The van der Waals surface area contributed by atoms with Gasteiger partial charge in [0.05, 0.1) is 11.6 Å². The van der Waals surface area contributed by atoms with Crippen LogP contribution in [-0.2, 0) is 36.8 Å². The standard InChI is InChI=1S/C31H40N4O9/c1-31(2,3)44-30(41)35-19(13-18-11-7-8-12-21(18)35)14-20(29(40)42-16-17-9-5-4-6-10-17)34-28(39)23(33)27-26(38)25(37)24(36)22(15-32)43-27/h4-13,20,22-27,36-38H,14-16,32-33H2,1-3H3,(H,34,39)/t20-,22?,23?,24+,25?,26?,27-/m0/s1. The highest BCUT2D eigenvalue weighted by atomic mass is 16.6. The van der Waals surface area contributed by atoms with Gasteiger partial charge in [0.1, 0.15) is 48.7 Å². The minimum absolute atomic E-state index is 0.0835. The van der Waals surface area contributed by atoms with Crippen molar-refractivity contribution in [2.24, 2.45) is 11.5 Å². The molecule has 238 valence electrons. The number of carbonyl (C=O) groups is 3. The molecule has 1 fully saturated rings. The number of amides is 1. The summed E-state index contributed by atoms with van der Waals surface area (Å²) in [5.41, 5.74) is 12.6. The van der Waals surface area contributed by atoms with Crippen LogP contribution in [0, 0.1) is 0 Å². The molecule has 0 radical (unpaired) electrons. The van der Waals surface area contributed by atoms with E-state index < -0.39 is 66.2 Å². The van der Waals surface area contributed by atoms with E-state index >= 15 is 0 Å². The Morgan fingerprint density at radius 1 is 1.00 bits per heavy atom. The van der Waals surface area contributed by atoms with Crippen molar-refractivity contribution in [1.29, 1.82) is 0 Å². The fourth-order valence-electron chi connectivity index (χ4n) is 5.01. The number of nitrogens with zero attached hydrogens (tertiary/aromatic N) is 1. The second-order valence-corrected chi connectivity index (χ2v) is 11.7. The normalized spacial score (nSPS) is 23.5. The zero-order valence-electron chi connectivity index (χ0n) is 24.8. The summed E-state index contributed by atoms with van der Waals surface area (Å²) in [5.74, 6) is -1.72. The number of para-hydroxylation sites is 1. The number of fused-ring (bicyclic) bond motifs is 1. The number of esters is 1. The van der Waals surface area contributed by atoms with Crippen molar-refractivity contribution in [1.82, 2.24) is 9.88 Å². The summed E-state index contributed by atoms with van der Waals surface area (Å²) in [6.07, 6.45) is -8.28. The van der Waals surface area contributed by atoms with E-state index in [2.05, 4.69) is 5.32 Å². The maximum absolute atomic E-state index is 13.5. The van der Waals surface area contributed by atoms with Crippen LogP contribution in [0.3, 0.4) is 0 Å². The van der Waals surface area contributed by atoms with Gasteiger partial charge in [-0.3, -0.25) is 4.79 Å². The molecule has 0 bridgehead atoms. The molecule has 2 aromatic carbocycles. The van der Waals surface area contributed by atoms with Gasteiger partial charge in [-0.05, 0) is 38.5 Å². The second kappa shape index (κ2) is 13.8. The van der Waals surface area contributed by atoms with Crippen molar-refractivity contribution in [2.45, 2.75) is 82.0 Å². The quantitative estimate of drug-likeness (QED) is 0.181. The van der Waals surface area contributed by atoms with Crippen LogP contribution in [0.5, 0.6) is 0 Å². The van der Waals surface area contributed by atoms with Gasteiger partial charge in [-0.25, -0.2) is 14.2 Å². The zero-order chi connectivity index (χ0) is 32.2. The number of hydrogen-bond acceptors (Lipinski definition) is 11. The van der Waals surface area contributed by atoms with Crippen molar-refractivity contribution in [3.8, 4) is 0 Å². The lowest BCUT2D eigenvalue weighted by molar-refractivity contribution is -0.223. The molecule has 1 aliphatic rings. The molecule has 13 nitrogen and oxygen atoms in total. The minimum atomic E-state index is -1.72. The number of nitrogens with one attached hydrogen (secondary N) is 1. The van der Waals surface area contributed by atoms with Crippen LogP contribution < -0.4 is 16.8 Å². The van der Waals surface area contributed by atoms with Crippen molar-refractivity contribution in [3.05, 3.63) is 71.9 Å². The Morgan fingerprint density at radius 3 is 2.32 bits per heavy atom. The molecule has 3 aromatic rings. The number of aromatic nitrogens is 1. The first-order chi connectivity index (χ1) is 20.8. The van der Waals surface area contributed by atoms with Crippen LogP contribution in [0.4, 0.5) is 4.79 Å². The van der Waals surface area contributed by atoms with Gasteiger partial charge in [0, 0.05) is 24.0 Å². The molecule has 0 saturated carbocycles. The minimum Gasteiger partial charge on any atom is -0.459 e. The largest absolute Gasteiger partial charge is 0.459 e. The molecule has 1 saturated heterocycles. The van der Waals surface area contributed by atoms with Crippen LogP contribution in [0.1, 0.15) is 32.0 Å². The molecule has 4 unspecified atom stereocenters. The van der Waals surface area contributed by atoms with E-state index in [9.17, 15) is 29.7 Å². The average molecular weight is 613 g/mol. The molecule has 0 spiro atoms. The van der Waals surface area contributed by atoms with E-state index in [1.807, 2.05) is 6.07 Å². The van der Waals surface area contributed by atoms with Crippen molar-refractivity contribution < 1.29 is 43.9 Å². The predicted molar refractivity (Wildman–Crippen MR) is 159 cm³/mol. The Morgan fingerprint density at radius 2 is 1.66 bits per heavy atom. The molecule has 4 rings (SSSR count). The molecule has 7 atom stereocenters. The smallest absolute Gasteiger partial charge is 0.419 e. The summed E-state index contributed by atoms with van der Waals surface area (Å²) in [6.45, 7) is 4.90. The highest BCUT2D eigenvalue weighted by Gasteiger charge is 2.47. The Kier molecular flexibility index (Phi) is 10.4. The number of rotatable bonds is 9. The Balaban J connectivity index is 1.63. The molecule has 1 amide bonds. The van der Waals surface area contributed by atoms with Crippen molar-refractivity contribution >= 4 is 28.9 Å². The summed E-state index contributed by atoms with van der Waals surface area (Å²) < 4.78 is 18.1. The molecule has 13 heteroatoms. The third-order valence-electron chi connectivity index (χ3n) is 7.24. The lowest BCUT2D eigenvalue weighted by Crippen LogP contribution is -2.66. The summed E-state index contributed by atoms with van der Waals surface area (Å²) in [5, 5.41) is 34.2. The number of nitrogens with two attached hydrogens (primary N) is 2. The van der Waals surface area contributed by atoms with Gasteiger partial charge < -0.3 is 46.3 Å². The van der Waals surface area contributed by atoms with Gasteiger partial charge in [-0.15, -0.1) is 0 Å². The first kappa shape index (κ1) is 33.1. The van der Waals surface area contributed by atoms with Crippen molar-refractivity contribution in [3.63, 3.8) is 0 Å². The SMILES string of the molecule is CC(C)(C)OC(=O)n1c(C[C@H](NC(=O)C(N)[C@@H]2OC(CN)[C@@H](O)C(O)C2O)C(=O)OCc2ccccc2)cc2ccccc21. The van der Waals surface area contributed by atoms with E-state index in [0.717, 1.165) is 0 Å². The summed E-state index contributed by atoms with van der Waals surface area (Å²) in [6, 6.07) is 14.8. The van der Waals surface area contributed by atoms with E-state index in [-0.39, 0.29) is 19.6 Å². The number of benzene rings is 2. The monoisotopic (exact) mass is 612 g/mol. The molecule has 1 aliphatic heterocycles. The molecular weight excluding hydrogens is 572 g/mol. The Labute approximate surface area is 254 Å². The van der Waals surface area contributed by atoms with Crippen LogP contribution in [0.15, 0.2) is 60.7 Å². The topological polar surface area (TPSA) is 209 Å². The highest BCUT2D eigenvalue weighted by Crippen LogP contribution is 2.25. The number of hydrogen-bond donors (Lipinski definition) is 6. The molecule has 44 heavy (non-hydrogen) atoms.